The molecule has 1 amide bonds. The van der Waals surface area contributed by atoms with Gasteiger partial charge in [-0.3, -0.25) is 9.00 Å². The number of carbonyl (C=O) groups is 1. The summed E-state index contributed by atoms with van der Waals surface area (Å²) in [5.74, 6) is 1.34. The second-order valence-electron chi connectivity index (χ2n) is 6.42. The number of nitrogens with zero attached hydrogens (tertiary/aromatic N) is 3. The molecule has 1 unspecified atom stereocenters. The first kappa shape index (κ1) is 18.9. The predicted octanol–water partition coefficient (Wildman–Crippen LogP) is 2.82. The van der Waals surface area contributed by atoms with Gasteiger partial charge in [-0.05, 0) is 36.4 Å². The SMILES string of the molecule is O=C(CS(=O)Cc1cnn(-c2ccccc2)c1-n1cccc1)NCc1ccco1. The summed E-state index contributed by atoms with van der Waals surface area (Å²) in [7, 11) is -1.37. The lowest BCUT2D eigenvalue weighted by molar-refractivity contribution is -0.118. The average molecular weight is 408 g/mol. The third kappa shape index (κ3) is 4.55. The standard InChI is InChI=1S/C21H20N4O3S/c26-20(22-14-19-9-6-12-28-19)16-29(27)15-17-13-23-25(18-7-2-1-3-8-18)21(17)24-10-4-5-11-24/h1-13H,14-16H2,(H,22,26). The number of furan rings is 1. The second-order valence-corrected chi connectivity index (χ2v) is 7.87. The lowest BCUT2D eigenvalue weighted by atomic mass is 10.3. The maximum atomic E-state index is 12.6. The van der Waals surface area contributed by atoms with Crippen molar-refractivity contribution in [3.8, 4) is 11.5 Å². The summed E-state index contributed by atoms with van der Waals surface area (Å²) in [4.78, 5) is 12.1. The Kier molecular flexibility index (Phi) is 5.71. The van der Waals surface area contributed by atoms with Crippen LogP contribution >= 0.6 is 0 Å². The molecule has 3 heterocycles. The number of rotatable bonds is 8. The molecule has 0 bridgehead atoms. The van der Waals surface area contributed by atoms with E-state index in [1.54, 1.807) is 24.6 Å². The first-order valence-electron chi connectivity index (χ1n) is 9.10. The lowest BCUT2D eigenvalue weighted by Gasteiger charge is -2.11. The minimum absolute atomic E-state index is 0.0810. The zero-order chi connectivity index (χ0) is 20.1. The minimum Gasteiger partial charge on any atom is -0.467 e. The number of hydrogen-bond donors (Lipinski definition) is 1. The van der Waals surface area contributed by atoms with Crippen molar-refractivity contribution in [2.75, 3.05) is 5.75 Å². The van der Waals surface area contributed by atoms with E-state index in [-0.39, 0.29) is 24.0 Å². The molecule has 8 heteroatoms. The normalized spacial score (nSPS) is 12.0. The van der Waals surface area contributed by atoms with Crippen molar-refractivity contribution in [2.24, 2.45) is 0 Å². The monoisotopic (exact) mass is 408 g/mol. The van der Waals surface area contributed by atoms with E-state index in [2.05, 4.69) is 10.4 Å². The van der Waals surface area contributed by atoms with Crippen molar-refractivity contribution in [3.05, 3.63) is 90.8 Å². The van der Waals surface area contributed by atoms with Crippen LogP contribution in [0.15, 0.2) is 83.9 Å². The quantitative estimate of drug-likeness (QED) is 0.486. The molecule has 4 aromatic rings. The van der Waals surface area contributed by atoms with Crippen LogP contribution in [0.4, 0.5) is 0 Å². The molecule has 0 aliphatic heterocycles. The fraction of sp³-hybridized carbons (Fsp3) is 0.143. The second kappa shape index (κ2) is 8.74. The van der Waals surface area contributed by atoms with E-state index < -0.39 is 10.8 Å². The van der Waals surface area contributed by atoms with Crippen LogP contribution < -0.4 is 5.32 Å². The van der Waals surface area contributed by atoms with Gasteiger partial charge in [0.05, 0.1) is 30.4 Å². The topological polar surface area (TPSA) is 82.1 Å². The highest BCUT2D eigenvalue weighted by atomic mass is 32.2. The average Bonchev–Trinajstić information content (AvgIpc) is 3.48. The smallest absolute Gasteiger partial charge is 0.233 e. The molecule has 0 fully saturated rings. The molecular formula is C21H20N4O3S. The largest absolute Gasteiger partial charge is 0.467 e. The van der Waals surface area contributed by atoms with E-state index in [0.29, 0.717) is 5.76 Å². The summed E-state index contributed by atoms with van der Waals surface area (Å²) in [6, 6.07) is 17.1. The summed E-state index contributed by atoms with van der Waals surface area (Å²) in [5.41, 5.74) is 1.71. The number of benzene rings is 1. The Hall–Kier alpha value is -3.39. The molecule has 0 saturated carbocycles. The number of hydrogen-bond acceptors (Lipinski definition) is 4. The highest BCUT2D eigenvalue weighted by molar-refractivity contribution is 7.84. The zero-order valence-corrected chi connectivity index (χ0v) is 16.4. The summed E-state index contributed by atoms with van der Waals surface area (Å²) in [6.45, 7) is 0.281. The lowest BCUT2D eigenvalue weighted by Crippen LogP contribution is -2.28. The van der Waals surface area contributed by atoms with Crippen LogP contribution in [0.2, 0.25) is 0 Å². The Bertz CT molecular complexity index is 1090. The van der Waals surface area contributed by atoms with E-state index in [1.807, 2.05) is 64.1 Å². The van der Waals surface area contributed by atoms with Gasteiger partial charge in [-0.2, -0.15) is 5.10 Å². The maximum absolute atomic E-state index is 12.6. The van der Waals surface area contributed by atoms with Crippen LogP contribution in [0.3, 0.4) is 0 Å². The van der Waals surface area contributed by atoms with Crippen molar-refractivity contribution < 1.29 is 13.4 Å². The zero-order valence-electron chi connectivity index (χ0n) is 15.6. The molecule has 0 aliphatic carbocycles. The van der Waals surface area contributed by atoms with Crippen molar-refractivity contribution in [1.29, 1.82) is 0 Å². The van der Waals surface area contributed by atoms with Gasteiger partial charge in [0.2, 0.25) is 5.91 Å². The van der Waals surface area contributed by atoms with Crippen molar-refractivity contribution in [1.82, 2.24) is 19.7 Å². The molecule has 4 rings (SSSR count). The third-order valence-corrected chi connectivity index (χ3v) is 5.53. The third-order valence-electron chi connectivity index (χ3n) is 4.32. The van der Waals surface area contributed by atoms with Crippen molar-refractivity contribution in [2.45, 2.75) is 12.3 Å². The van der Waals surface area contributed by atoms with Gasteiger partial charge in [-0.15, -0.1) is 0 Å². The Labute approximate surface area is 170 Å². The molecule has 7 nitrogen and oxygen atoms in total. The van der Waals surface area contributed by atoms with E-state index in [0.717, 1.165) is 17.1 Å². The Balaban J connectivity index is 1.49. The molecule has 0 radical (unpaired) electrons. The first-order valence-corrected chi connectivity index (χ1v) is 10.6. The Morgan fingerprint density at radius 3 is 2.59 bits per heavy atom. The summed E-state index contributed by atoms with van der Waals surface area (Å²) >= 11 is 0. The highest BCUT2D eigenvalue weighted by Crippen LogP contribution is 2.21. The fourth-order valence-corrected chi connectivity index (χ4v) is 4.05. The number of amides is 1. The van der Waals surface area contributed by atoms with Gasteiger partial charge in [0.1, 0.15) is 17.3 Å². The van der Waals surface area contributed by atoms with E-state index in [1.165, 1.54) is 0 Å². The van der Waals surface area contributed by atoms with Crippen LogP contribution in [0, 0.1) is 0 Å². The van der Waals surface area contributed by atoms with Gasteiger partial charge >= 0.3 is 0 Å². The molecule has 0 aliphatic rings. The molecule has 1 atom stereocenters. The maximum Gasteiger partial charge on any atom is 0.233 e. The van der Waals surface area contributed by atoms with Gasteiger partial charge < -0.3 is 14.3 Å². The molecular weight excluding hydrogens is 388 g/mol. The Morgan fingerprint density at radius 1 is 1.07 bits per heavy atom. The predicted molar refractivity (Wildman–Crippen MR) is 110 cm³/mol. The van der Waals surface area contributed by atoms with E-state index >= 15 is 0 Å². The summed E-state index contributed by atoms with van der Waals surface area (Å²) in [5, 5.41) is 7.22. The number of para-hydroxylation sites is 1. The first-order chi connectivity index (χ1) is 14.2. The fourth-order valence-electron chi connectivity index (χ4n) is 3.01. The van der Waals surface area contributed by atoms with Gasteiger partial charge in [-0.25, -0.2) is 4.68 Å². The molecule has 148 valence electrons. The van der Waals surface area contributed by atoms with Crippen LogP contribution in [-0.4, -0.2) is 30.2 Å². The van der Waals surface area contributed by atoms with Gasteiger partial charge in [0, 0.05) is 28.8 Å². The van der Waals surface area contributed by atoms with Gasteiger partial charge in [0.25, 0.3) is 0 Å². The van der Waals surface area contributed by atoms with Crippen LogP contribution in [0.1, 0.15) is 11.3 Å². The minimum atomic E-state index is -1.37. The molecule has 1 N–H and O–H groups in total. The summed E-state index contributed by atoms with van der Waals surface area (Å²) < 4.78 is 21.6. The highest BCUT2D eigenvalue weighted by Gasteiger charge is 2.17. The summed E-state index contributed by atoms with van der Waals surface area (Å²) in [6.07, 6.45) is 7.09. The molecule has 0 saturated heterocycles. The van der Waals surface area contributed by atoms with Crippen molar-refractivity contribution >= 4 is 16.7 Å². The number of nitrogens with one attached hydrogen (secondary N) is 1. The molecule has 29 heavy (non-hydrogen) atoms. The number of aromatic nitrogens is 3. The molecule has 0 spiro atoms. The van der Waals surface area contributed by atoms with Gasteiger partial charge in [0.15, 0.2) is 0 Å². The van der Waals surface area contributed by atoms with Crippen LogP contribution in [-0.2, 0) is 27.9 Å². The van der Waals surface area contributed by atoms with E-state index in [9.17, 15) is 9.00 Å². The van der Waals surface area contributed by atoms with Crippen LogP contribution in [0.5, 0.6) is 0 Å². The molecule has 3 aromatic heterocycles. The number of carbonyl (C=O) groups excluding carboxylic acids is 1. The molecule has 1 aromatic carbocycles. The van der Waals surface area contributed by atoms with E-state index in [4.69, 9.17) is 4.42 Å². The Morgan fingerprint density at radius 2 is 1.86 bits per heavy atom. The van der Waals surface area contributed by atoms with Crippen molar-refractivity contribution in [3.63, 3.8) is 0 Å². The van der Waals surface area contributed by atoms with Gasteiger partial charge in [-0.1, -0.05) is 18.2 Å². The van der Waals surface area contributed by atoms with Crippen LogP contribution in [0.25, 0.3) is 11.5 Å².